The maximum absolute atomic E-state index is 13.6. The van der Waals surface area contributed by atoms with E-state index in [1.807, 2.05) is 11.5 Å². The van der Waals surface area contributed by atoms with Crippen molar-refractivity contribution in [2.45, 2.75) is 49.9 Å². The molecule has 0 spiro atoms. The van der Waals surface area contributed by atoms with Gasteiger partial charge in [-0.25, -0.2) is 8.42 Å². The van der Waals surface area contributed by atoms with Crippen LogP contribution in [0.5, 0.6) is 5.75 Å². The van der Waals surface area contributed by atoms with Crippen LogP contribution in [0.4, 0.5) is 5.82 Å². The van der Waals surface area contributed by atoms with Crippen LogP contribution in [0.25, 0.3) is 0 Å². The fraction of sp³-hybridized carbons (Fsp3) is 0.318. The maximum atomic E-state index is 13.6. The van der Waals surface area contributed by atoms with Gasteiger partial charge in [0, 0.05) is 12.2 Å². The maximum Gasteiger partial charge on any atom is 0.292 e. The number of sulfone groups is 1. The van der Waals surface area contributed by atoms with Crippen LogP contribution in [0, 0.1) is 13.8 Å². The van der Waals surface area contributed by atoms with Crippen LogP contribution in [0.15, 0.2) is 56.9 Å². The van der Waals surface area contributed by atoms with Crippen LogP contribution in [0.3, 0.4) is 0 Å². The standard InChI is InChI=1S/C22H26N2O5S/c1-5-6-13-24-16(3)15(2)20(21(24)23-22(25)19-8-7-14-29-19)30(26,27)18-11-9-17(28-4)10-12-18/h7-12,14H,5-6,13H2,1-4H3,(H,23,25). The molecule has 2 heterocycles. The number of hydrogen-bond donors (Lipinski definition) is 1. The molecule has 1 aromatic carbocycles. The molecule has 0 aliphatic rings. The Bertz CT molecular complexity index is 1130. The Balaban J connectivity index is 2.15. The smallest absolute Gasteiger partial charge is 0.292 e. The van der Waals surface area contributed by atoms with Crippen molar-refractivity contribution in [3.05, 3.63) is 59.7 Å². The van der Waals surface area contributed by atoms with Crippen LogP contribution in [-0.4, -0.2) is 26.0 Å². The number of aromatic nitrogens is 1. The number of amides is 1. The molecule has 0 fully saturated rings. The summed E-state index contributed by atoms with van der Waals surface area (Å²) < 4.78 is 39.3. The molecule has 0 bridgehead atoms. The van der Waals surface area contributed by atoms with E-state index in [-0.39, 0.29) is 21.4 Å². The van der Waals surface area contributed by atoms with Gasteiger partial charge >= 0.3 is 0 Å². The highest BCUT2D eigenvalue weighted by Gasteiger charge is 2.31. The van der Waals surface area contributed by atoms with Gasteiger partial charge in [0.05, 0.1) is 18.3 Å². The molecule has 3 aromatic rings. The summed E-state index contributed by atoms with van der Waals surface area (Å²) in [6, 6.07) is 9.35. The van der Waals surface area contributed by atoms with Crippen LogP contribution < -0.4 is 10.1 Å². The molecule has 160 valence electrons. The van der Waals surface area contributed by atoms with Crippen LogP contribution in [0.1, 0.15) is 41.6 Å². The lowest BCUT2D eigenvalue weighted by molar-refractivity contribution is 0.0995. The first-order valence-electron chi connectivity index (χ1n) is 9.75. The van der Waals surface area contributed by atoms with Crippen molar-refractivity contribution >= 4 is 21.6 Å². The fourth-order valence-electron chi connectivity index (χ4n) is 3.33. The first kappa shape index (κ1) is 21.7. The fourth-order valence-corrected chi connectivity index (χ4v) is 5.03. The largest absolute Gasteiger partial charge is 0.497 e. The molecule has 0 saturated carbocycles. The van der Waals surface area contributed by atoms with E-state index in [9.17, 15) is 13.2 Å². The van der Waals surface area contributed by atoms with E-state index in [1.54, 1.807) is 25.1 Å². The van der Waals surface area contributed by atoms with Crippen molar-refractivity contribution in [1.29, 1.82) is 0 Å². The highest BCUT2D eigenvalue weighted by atomic mass is 32.2. The van der Waals surface area contributed by atoms with Crippen molar-refractivity contribution in [2.75, 3.05) is 12.4 Å². The number of unbranched alkanes of at least 4 members (excludes halogenated alkanes) is 1. The first-order valence-corrected chi connectivity index (χ1v) is 11.2. The third-order valence-electron chi connectivity index (χ3n) is 5.12. The second kappa shape index (κ2) is 8.79. The lowest BCUT2D eigenvalue weighted by Gasteiger charge is -2.14. The van der Waals surface area contributed by atoms with Crippen molar-refractivity contribution < 1.29 is 22.4 Å². The molecule has 3 rings (SSSR count). The van der Waals surface area contributed by atoms with Crippen molar-refractivity contribution in [1.82, 2.24) is 4.57 Å². The summed E-state index contributed by atoms with van der Waals surface area (Å²) in [6.07, 6.45) is 3.18. The Labute approximate surface area is 176 Å². The average molecular weight is 431 g/mol. The molecule has 2 aromatic heterocycles. The molecular formula is C22H26N2O5S. The second-order valence-corrected chi connectivity index (χ2v) is 8.89. The van der Waals surface area contributed by atoms with Crippen molar-refractivity contribution in [3.63, 3.8) is 0 Å². The minimum atomic E-state index is -3.89. The van der Waals surface area contributed by atoms with Crippen LogP contribution in [-0.2, 0) is 16.4 Å². The molecule has 30 heavy (non-hydrogen) atoms. The number of carbonyl (C=O) groups excluding carboxylic acids is 1. The van der Waals surface area contributed by atoms with Gasteiger partial charge in [-0.15, -0.1) is 0 Å². The van der Waals surface area contributed by atoms with Gasteiger partial charge in [-0.1, -0.05) is 13.3 Å². The normalized spacial score (nSPS) is 11.5. The summed E-state index contributed by atoms with van der Waals surface area (Å²) in [6.45, 7) is 6.27. The SMILES string of the molecule is CCCCn1c(C)c(C)c(S(=O)(=O)c2ccc(OC)cc2)c1NC(=O)c1ccco1. The third-order valence-corrected chi connectivity index (χ3v) is 7.05. The second-order valence-electron chi connectivity index (χ2n) is 7.00. The lowest BCUT2D eigenvalue weighted by Crippen LogP contribution is -2.17. The molecule has 1 N–H and O–H groups in total. The minimum Gasteiger partial charge on any atom is -0.497 e. The molecule has 7 nitrogen and oxygen atoms in total. The summed E-state index contributed by atoms with van der Waals surface area (Å²) in [5.74, 6) is 0.437. The van der Waals surface area contributed by atoms with E-state index in [4.69, 9.17) is 9.15 Å². The summed E-state index contributed by atoms with van der Waals surface area (Å²) in [5.41, 5.74) is 1.40. The van der Waals surface area contributed by atoms with E-state index in [0.29, 0.717) is 17.9 Å². The number of carbonyl (C=O) groups is 1. The number of nitrogens with one attached hydrogen (secondary N) is 1. The van der Waals surface area contributed by atoms with E-state index in [1.165, 1.54) is 31.6 Å². The number of methoxy groups -OCH3 is 1. The highest BCUT2D eigenvalue weighted by Crippen LogP contribution is 2.36. The van der Waals surface area contributed by atoms with Gasteiger partial charge in [-0.2, -0.15) is 0 Å². The Morgan fingerprint density at radius 2 is 1.87 bits per heavy atom. The predicted molar refractivity (Wildman–Crippen MR) is 114 cm³/mol. The monoisotopic (exact) mass is 430 g/mol. The molecule has 1 amide bonds. The van der Waals surface area contributed by atoms with Crippen molar-refractivity contribution in [3.8, 4) is 5.75 Å². The van der Waals surface area contributed by atoms with Gasteiger partial charge in [-0.3, -0.25) is 4.79 Å². The van der Waals surface area contributed by atoms with Crippen LogP contribution >= 0.6 is 0 Å². The number of ether oxygens (including phenoxy) is 1. The summed E-state index contributed by atoms with van der Waals surface area (Å²) >= 11 is 0. The zero-order valence-corrected chi connectivity index (χ0v) is 18.4. The lowest BCUT2D eigenvalue weighted by atomic mass is 10.3. The zero-order chi connectivity index (χ0) is 21.9. The summed E-state index contributed by atoms with van der Waals surface area (Å²) in [4.78, 5) is 12.9. The number of nitrogens with zero attached hydrogens (tertiary/aromatic N) is 1. The quantitative estimate of drug-likeness (QED) is 0.564. The first-order chi connectivity index (χ1) is 14.3. The van der Waals surface area contributed by atoms with Crippen LogP contribution in [0.2, 0.25) is 0 Å². The Kier molecular flexibility index (Phi) is 6.36. The van der Waals surface area contributed by atoms with E-state index < -0.39 is 15.7 Å². The average Bonchev–Trinajstić information content (AvgIpc) is 3.35. The minimum absolute atomic E-state index is 0.0983. The molecule has 0 atom stereocenters. The molecule has 0 saturated heterocycles. The number of hydrogen-bond acceptors (Lipinski definition) is 5. The zero-order valence-electron chi connectivity index (χ0n) is 17.6. The predicted octanol–water partition coefficient (Wildman–Crippen LogP) is 4.59. The molecule has 0 aliphatic carbocycles. The Morgan fingerprint density at radius 1 is 1.17 bits per heavy atom. The van der Waals surface area contributed by atoms with Gasteiger partial charge in [0.25, 0.3) is 5.91 Å². The highest BCUT2D eigenvalue weighted by molar-refractivity contribution is 7.91. The molecule has 0 unspecified atom stereocenters. The molecule has 0 radical (unpaired) electrons. The van der Waals surface area contributed by atoms with Gasteiger partial charge < -0.3 is 19.0 Å². The number of anilines is 1. The number of benzene rings is 1. The molecular weight excluding hydrogens is 404 g/mol. The van der Waals surface area contributed by atoms with Gasteiger partial charge in [0.1, 0.15) is 16.5 Å². The summed E-state index contributed by atoms with van der Waals surface area (Å²) in [7, 11) is -2.37. The van der Waals surface area contributed by atoms with Gasteiger partial charge in [0.15, 0.2) is 5.76 Å². The topological polar surface area (TPSA) is 90.5 Å². The number of rotatable bonds is 8. The number of furan rings is 1. The van der Waals surface area contributed by atoms with E-state index in [2.05, 4.69) is 12.2 Å². The van der Waals surface area contributed by atoms with Gasteiger partial charge in [-0.05, 0) is 62.2 Å². The summed E-state index contributed by atoms with van der Waals surface area (Å²) in [5, 5.41) is 2.78. The molecule has 8 heteroatoms. The van der Waals surface area contributed by atoms with E-state index >= 15 is 0 Å². The molecule has 0 aliphatic heterocycles. The Morgan fingerprint density at radius 3 is 2.43 bits per heavy atom. The van der Waals surface area contributed by atoms with E-state index in [0.717, 1.165) is 18.5 Å². The third kappa shape index (κ3) is 4.00. The van der Waals surface area contributed by atoms with Crippen molar-refractivity contribution in [2.24, 2.45) is 0 Å². The Hall–Kier alpha value is -3.00. The van der Waals surface area contributed by atoms with Gasteiger partial charge in [0.2, 0.25) is 9.84 Å².